The Kier molecular flexibility index (Phi) is 5.01. The normalized spacial score (nSPS) is 16.9. The van der Waals surface area contributed by atoms with E-state index >= 15 is 0 Å². The quantitative estimate of drug-likeness (QED) is 0.739. The molecular formula is C22H30N2O2Si. The zero-order valence-corrected chi connectivity index (χ0v) is 17.9. The molecule has 0 aliphatic carbocycles. The topological polar surface area (TPSA) is 24.9 Å². The first-order valence-electron chi connectivity index (χ1n) is 9.95. The highest BCUT2D eigenvalue weighted by molar-refractivity contribution is 6.75. The molecule has 0 bridgehead atoms. The molecule has 2 heterocycles. The highest BCUT2D eigenvalue weighted by atomic mass is 28.4. The molecule has 0 amide bonds. The summed E-state index contributed by atoms with van der Waals surface area (Å²) in [6.07, 6.45) is 4.51. The maximum Gasteiger partial charge on any atom is 0.588 e. The second kappa shape index (κ2) is 7.30. The van der Waals surface area contributed by atoms with Crippen LogP contribution < -0.4 is 9.13 Å². The average molecular weight is 383 g/mol. The van der Waals surface area contributed by atoms with Gasteiger partial charge < -0.3 is 18.0 Å². The van der Waals surface area contributed by atoms with Crippen LogP contribution in [-0.4, -0.2) is 36.2 Å². The lowest BCUT2D eigenvalue weighted by molar-refractivity contribution is 0.232. The van der Waals surface area contributed by atoms with Gasteiger partial charge in [-0.2, -0.15) is 0 Å². The van der Waals surface area contributed by atoms with Gasteiger partial charge in [-0.3, -0.25) is 0 Å². The Balaban J connectivity index is 1.88. The Hall–Kier alpha value is -1.82. The molecule has 0 saturated heterocycles. The highest BCUT2D eigenvalue weighted by Gasteiger charge is 2.54. The minimum atomic E-state index is -2.84. The first-order valence-corrected chi connectivity index (χ1v) is 11.7. The van der Waals surface area contributed by atoms with E-state index in [4.69, 9.17) is 8.85 Å². The number of rotatable bonds is 4. The van der Waals surface area contributed by atoms with E-state index in [1.165, 1.54) is 33.6 Å². The molecule has 2 aliphatic rings. The number of hydrogen-bond donors (Lipinski definition) is 0. The zero-order chi connectivity index (χ0) is 19.0. The van der Waals surface area contributed by atoms with Crippen molar-refractivity contribution in [3.05, 3.63) is 58.7 Å². The lowest BCUT2D eigenvalue weighted by atomic mass is 10.0. The smallest absolute Gasteiger partial charge is 0.365 e. The molecule has 0 saturated carbocycles. The lowest BCUT2D eigenvalue weighted by Crippen LogP contribution is -2.71. The third-order valence-corrected chi connectivity index (χ3v) is 9.37. The third-order valence-electron chi connectivity index (χ3n) is 6.05. The van der Waals surface area contributed by atoms with Crippen molar-refractivity contribution in [2.45, 2.75) is 39.5 Å². The van der Waals surface area contributed by atoms with Crippen molar-refractivity contribution in [2.75, 3.05) is 36.4 Å². The SMILES string of the molecule is CO[Si](OC)(N1CCCc2cccc(C)c21)N1CCCc2cccc(C)c21. The molecule has 0 N–H and O–H groups in total. The van der Waals surface area contributed by atoms with Gasteiger partial charge in [-0.25, -0.2) is 0 Å². The van der Waals surface area contributed by atoms with Gasteiger partial charge in [-0.15, -0.1) is 0 Å². The Morgan fingerprint density at radius 1 is 0.741 bits per heavy atom. The van der Waals surface area contributed by atoms with Gasteiger partial charge in [-0.1, -0.05) is 36.4 Å². The minimum absolute atomic E-state index is 0.976. The van der Waals surface area contributed by atoms with Gasteiger partial charge >= 0.3 is 8.88 Å². The van der Waals surface area contributed by atoms with Crippen molar-refractivity contribution in [3.8, 4) is 0 Å². The van der Waals surface area contributed by atoms with Crippen molar-refractivity contribution in [1.29, 1.82) is 0 Å². The largest absolute Gasteiger partial charge is 0.588 e. The van der Waals surface area contributed by atoms with Gasteiger partial charge in [0.25, 0.3) is 0 Å². The average Bonchev–Trinajstić information content (AvgIpc) is 2.70. The van der Waals surface area contributed by atoms with Crippen LogP contribution in [0.5, 0.6) is 0 Å². The molecule has 2 aromatic carbocycles. The summed E-state index contributed by atoms with van der Waals surface area (Å²) < 4.78 is 17.7. The molecule has 5 heteroatoms. The fraction of sp³-hybridized carbons (Fsp3) is 0.455. The van der Waals surface area contributed by atoms with Crippen LogP contribution in [0.25, 0.3) is 0 Å². The molecule has 0 fully saturated rings. The number of para-hydroxylation sites is 2. The molecule has 2 aliphatic heterocycles. The van der Waals surface area contributed by atoms with Crippen LogP contribution >= 0.6 is 0 Å². The molecule has 0 aromatic heterocycles. The summed E-state index contributed by atoms with van der Waals surface area (Å²) in [5, 5.41) is 0. The van der Waals surface area contributed by atoms with Crippen LogP contribution in [0.15, 0.2) is 36.4 Å². The number of anilines is 2. The zero-order valence-electron chi connectivity index (χ0n) is 16.9. The summed E-state index contributed by atoms with van der Waals surface area (Å²) in [7, 11) is 0.816. The maximum absolute atomic E-state index is 6.36. The number of hydrogen-bond acceptors (Lipinski definition) is 4. The molecule has 0 atom stereocenters. The molecule has 0 spiro atoms. The summed E-state index contributed by atoms with van der Waals surface area (Å²) in [5.74, 6) is 0. The van der Waals surface area contributed by atoms with Crippen molar-refractivity contribution in [1.82, 2.24) is 0 Å². The van der Waals surface area contributed by atoms with Crippen molar-refractivity contribution < 1.29 is 8.85 Å². The van der Waals surface area contributed by atoms with Gasteiger partial charge in [-0.05, 0) is 61.8 Å². The van der Waals surface area contributed by atoms with E-state index < -0.39 is 8.88 Å². The second-order valence-electron chi connectivity index (χ2n) is 7.63. The molecule has 4 rings (SSSR count). The Morgan fingerprint density at radius 2 is 1.19 bits per heavy atom. The number of benzene rings is 2. The van der Waals surface area contributed by atoms with Gasteiger partial charge in [0.1, 0.15) is 0 Å². The molecule has 144 valence electrons. The van der Waals surface area contributed by atoms with Gasteiger partial charge in [0.15, 0.2) is 0 Å². The van der Waals surface area contributed by atoms with Crippen molar-refractivity contribution in [2.24, 2.45) is 0 Å². The fourth-order valence-electron chi connectivity index (χ4n) is 4.93. The predicted octanol–water partition coefficient (Wildman–Crippen LogP) is 4.24. The highest BCUT2D eigenvalue weighted by Crippen LogP contribution is 2.40. The number of nitrogens with zero attached hydrogens (tertiary/aromatic N) is 2. The Morgan fingerprint density at radius 3 is 1.59 bits per heavy atom. The van der Waals surface area contributed by atoms with Gasteiger partial charge in [0, 0.05) is 38.7 Å². The molecular weight excluding hydrogens is 352 g/mol. The van der Waals surface area contributed by atoms with Crippen LogP contribution in [0.2, 0.25) is 0 Å². The van der Waals surface area contributed by atoms with E-state index in [0.717, 1.165) is 38.8 Å². The van der Waals surface area contributed by atoms with Crippen LogP contribution in [0.1, 0.15) is 35.1 Å². The van der Waals surface area contributed by atoms with E-state index in [1.54, 1.807) is 0 Å². The molecule has 0 unspecified atom stereocenters. The third kappa shape index (κ3) is 2.89. The monoisotopic (exact) mass is 382 g/mol. The van der Waals surface area contributed by atoms with Crippen molar-refractivity contribution in [3.63, 3.8) is 0 Å². The van der Waals surface area contributed by atoms with E-state index in [2.05, 4.69) is 59.4 Å². The van der Waals surface area contributed by atoms with Crippen LogP contribution in [0, 0.1) is 13.8 Å². The first kappa shape index (κ1) is 18.5. The van der Waals surface area contributed by atoms with Gasteiger partial charge in [0.2, 0.25) is 0 Å². The van der Waals surface area contributed by atoms with Crippen LogP contribution in [-0.2, 0) is 21.7 Å². The summed E-state index contributed by atoms with van der Waals surface area (Å²) >= 11 is 0. The standard InChI is InChI=1S/C22H30N2O2Si/c1-17-9-5-11-19-13-7-15-23(21(17)19)27(25-3,26-4)24-16-8-14-20-12-6-10-18(2)22(20)24/h5-6,9-12H,7-8,13-16H2,1-4H3. The molecule has 27 heavy (non-hydrogen) atoms. The summed E-state index contributed by atoms with van der Waals surface area (Å²) in [4.78, 5) is 0. The van der Waals surface area contributed by atoms with E-state index in [1.807, 2.05) is 14.2 Å². The Bertz CT molecular complexity index is 770. The van der Waals surface area contributed by atoms with E-state index in [-0.39, 0.29) is 0 Å². The Labute approximate surface area is 164 Å². The first-order chi connectivity index (χ1) is 13.1. The number of aryl methyl sites for hydroxylation is 4. The fourth-order valence-corrected chi connectivity index (χ4v) is 8.36. The summed E-state index contributed by atoms with van der Waals surface area (Å²) in [6, 6.07) is 13.3. The second-order valence-corrected chi connectivity index (χ2v) is 10.6. The van der Waals surface area contributed by atoms with E-state index in [9.17, 15) is 0 Å². The summed E-state index contributed by atoms with van der Waals surface area (Å²) in [5.41, 5.74) is 8.07. The molecule has 2 aromatic rings. The van der Waals surface area contributed by atoms with Crippen LogP contribution in [0.3, 0.4) is 0 Å². The van der Waals surface area contributed by atoms with Gasteiger partial charge in [0.05, 0.1) is 0 Å². The lowest BCUT2D eigenvalue weighted by Gasteiger charge is -2.50. The molecule has 4 nitrogen and oxygen atoms in total. The van der Waals surface area contributed by atoms with Crippen molar-refractivity contribution >= 4 is 20.3 Å². The van der Waals surface area contributed by atoms with E-state index in [0.29, 0.717) is 0 Å². The molecule has 0 radical (unpaired) electrons. The minimum Gasteiger partial charge on any atom is -0.365 e. The van der Waals surface area contributed by atoms with Crippen LogP contribution in [0.4, 0.5) is 11.4 Å². The maximum atomic E-state index is 6.36. The summed E-state index contributed by atoms with van der Waals surface area (Å²) in [6.45, 7) is 6.36. The predicted molar refractivity (Wildman–Crippen MR) is 113 cm³/mol. The number of fused-ring (bicyclic) bond motifs is 2.